The number of ether oxygens (including phenoxy) is 1. The summed E-state index contributed by atoms with van der Waals surface area (Å²) in [5.74, 6) is -0.306. The van der Waals surface area contributed by atoms with Crippen LogP contribution in [0.1, 0.15) is 54.4 Å². The Morgan fingerprint density at radius 3 is 2.05 bits per heavy atom. The third-order valence-corrected chi connectivity index (χ3v) is 5.07. The number of carbonyl (C=O) groups excluding carboxylic acids is 1. The molecule has 0 saturated heterocycles. The fourth-order valence-electron chi connectivity index (χ4n) is 3.65. The zero-order chi connectivity index (χ0) is 13.5. The summed E-state index contributed by atoms with van der Waals surface area (Å²) in [6.07, 6.45) is 4.85. The predicted molar refractivity (Wildman–Crippen MR) is 71.0 cm³/mol. The van der Waals surface area contributed by atoms with Gasteiger partial charge in [-0.3, -0.25) is 0 Å². The molecule has 0 radical (unpaired) electrons. The number of benzene rings is 1. The van der Waals surface area contributed by atoms with Gasteiger partial charge in [0.15, 0.2) is 0 Å². The van der Waals surface area contributed by atoms with Crippen LogP contribution in [0, 0.1) is 0 Å². The lowest BCUT2D eigenvalue weighted by Gasteiger charge is -2.50. The third-order valence-electron chi connectivity index (χ3n) is 5.07. The highest BCUT2D eigenvalue weighted by Crippen LogP contribution is 2.55. The van der Waals surface area contributed by atoms with Crippen molar-refractivity contribution in [1.82, 2.24) is 0 Å². The van der Waals surface area contributed by atoms with Crippen molar-refractivity contribution < 1.29 is 13.9 Å². The van der Waals surface area contributed by atoms with E-state index in [2.05, 4.69) is 0 Å². The van der Waals surface area contributed by atoms with Crippen LogP contribution in [0.3, 0.4) is 0 Å². The number of alkyl halides is 1. The van der Waals surface area contributed by atoms with Gasteiger partial charge in [-0.25, -0.2) is 9.18 Å². The Morgan fingerprint density at radius 2 is 1.58 bits per heavy atom. The number of halogens is 1. The Hall–Kier alpha value is -1.38. The highest BCUT2D eigenvalue weighted by Gasteiger charge is 2.49. The summed E-state index contributed by atoms with van der Waals surface area (Å²) >= 11 is 0. The number of hydrogen-bond acceptors (Lipinski definition) is 2. The lowest BCUT2D eigenvalue weighted by Crippen LogP contribution is -2.45. The Kier molecular flexibility index (Phi) is 2.88. The zero-order valence-electron chi connectivity index (χ0n) is 11.2. The van der Waals surface area contributed by atoms with Crippen LogP contribution >= 0.6 is 0 Å². The van der Waals surface area contributed by atoms with Gasteiger partial charge in [0, 0.05) is 0 Å². The average Bonchev–Trinajstić information content (AvgIpc) is 2.48. The van der Waals surface area contributed by atoms with Crippen molar-refractivity contribution >= 4 is 5.97 Å². The summed E-state index contributed by atoms with van der Waals surface area (Å²) in [6, 6.07) is 7.68. The summed E-state index contributed by atoms with van der Waals surface area (Å²) in [6.45, 7) is 0. The maximum absolute atomic E-state index is 14.2. The minimum Gasteiger partial charge on any atom is -0.465 e. The van der Waals surface area contributed by atoms with Crippen LogP contribution in [0.4, 0.5) is 4.39 Å². The largest absolute Gasteiger partial charge is 0.465 e. The molecule has 19 heavy (non-hydrogen) atoms. The molecule has 3 saturated carbocycles. The van der Waals surface area contributed by atoms with Crippen LogP contribution in [0.5, 0.6) is 0 Å². The molecule has 3 heteroatoms. The number of fused-ring (bicyclic) bond motifs is 3. The summed E-state index contributed by atoms with van der Waals surface area (Å²) in [4.78, 5) is 11.4. The predicted octanol–water partition coefficient (Wildman–Crippen LogP) is 3.79. The van der Waals surface area contributed by atoms with E-state index in [0.29, 0.717) is 24.8 Å². The van der Waals surface area contributed by atoms with E-state index < -0.39 is 5.67 Å². The summed E-state index contributed by atoms with van der Waals surface area (Å²) in [5, 5.41) is 0. The number of esters is 1. The van der Waals surface area contributed by atoms with Gasteiger partial charge in [-0.05, 0) is 61.6 Å². The summed E-state index contributed by atoms with van der Waals surface area (Å²) in [5.41, 5.74) is 1.08. The van der Waals surface area contributed by atoms with Crippen LogP contribution in [0.2, 0.25) is 0 Å². The molecule has 0 unspecified atom stereocenters. The van der Waals surface area contributed by atoms with Gasteiger partial charge in [-0.1, -0.05) is 12.1 Å². The maximum atomic E-state index is 14.2. The SMILES string of the molecule is COC(=O)c1ccc(C23CCC(F)(CC2)CC3)cc1. The summed E-state index contributed by atoms with van der Waals surface area (Å²) in [7, 11) is 1.39. The van der Waals surface area contributed by atoms with Gasteiger partial charge in [0.05, 0.1) is 12.7 Å². The van der Waals surface area contributed by atoms with Gasteiger partial charge in [0.25, 0.3) is 0 Å². The molecule has 3 fully saturated rings. The maximum Gasteiger partial charge on any atom is 0.337 e. The number of methoxy groups -OCH3 is 1. The van der Waals surface area contributed by atoms with Crippen LogP contribution in [-0.4, -0.2) is 18.7 Å². The van der Waals surface area contributed by atoms with E-state index >= 15 is 0 Å². The van der Waals surface area contributed by atoms with Crippen molar-refractivity contribution in [3.8, 4) is 0 Å². The first-order valence-electron chi connectivity index (χ1n) is 6.95. The molecule has 3 aliphatic rings. The molecule has 1 aromatic carbocycles. The van der Waals surface area contributed by atoms with Gasteiger partial charge < -0.3 is 4.74 Å². The minimum atomic E-state index is -0.895. The van der Waals surface area contributed by atoms with E-state index in [1.165, 1.54) is 12.7 Å². The second kappa shape index (κ2) is 4.32. The van der Waals surface area contributed by atoms with Crippen molar-refractivity contribution in [3.63, 3.8) is 0 Å². The molecule has 102 valence electrons. The van der Waals surface area contributed by atoms with Gasteiger partial charge in [-0.2, -0.15) is 0 Å². The minimum absolute atomic E-state index is 0.141. The fraction of sp³-hybridized carbons (Fsp3) is 0.562. The monoisotopic (exact) mass is 262 g/mol. The van der Waals surface area contributed by atoms with Crippen LogP contribution in [0.25, 0.3) is 0 Å². The Bertz CT molecular complexity index is 467. The molecule has 0 N–H and O–H groups in total. The molecule has 3 aliphatic carbocycles. The van der Waals surface area contributed by atoms with E-state index in [4.69, 9.17) is 4.74 Å². The first kappa shape index (κ1) is 12.6. The molecular formula is C16H19FO2. The number of hydrogen-bond donors (Lipinski definition) is 0. The van der Waals surface area contributed by atoms with Crippen molar-refractivity contribution in [1.29, 1.82) is 0 Å². The normalized spacial score (nSPS) is 33.2. The molecule has 0 amide bonds. The Morgan fingerprint density at radius 1 is 1.05 bits per heavy atom. The van der Waals surface area contributed by atoms with Crippen LogP contribution in [0.15, 0.2) is 24.3 Å². The molecule has 0 spiro atoms. The first-order valence-corrected chi connectivity index (χ1v) is 6.95. The van der Waals surface area contributed by atoms with E-state index in [1.807, 2.05) is 24.3 Å². The van der Waals surface area contributed by atoms with Crippen LogP contribution in [-0.2, 0) is 10.2 Å². The molecule has 4 rings (SSSR count). The molecular weight excluding hydrogens is 243 g/mol. The topological polar surface area (TPSA) is 26.3 Å². The van der Waals surface area contributed by atoms with E-state index in [9.17, 15) is 9.18 Å². The second-order valence-electron chi connectivity index (χ2n) is 6.00. The van der Waals surface area contributed by atoms with E-state index in [0.717, 1.165) is 19.3 Å². The quantitative estimate of drug-likeness (QED) is 0.758. The average molecular weight is 262 g/mol. The van der Waals surface area contributed by atoms with Gasteiger partial charge in [0.1, 0.15) is 5.67 Å². The molecule has 1 aromatic rings. The highest BCUT2D eigenvalue weighted by molar-refractivity contribution is 5.89. The standard InChI is InChI=1S/C16H19FO2/c1-19-14(18)12-2-4-13(5-3-12)15-6-9-16(17,10-7-15)11-8-15/h2-5H,6-11H2,1H3. The highest BCUT2D eigenvalue weighted by atomic mass is 19.1. The lowest BCUT2D eigenvalue weighted by atomic mass is 9.57. The van der Waals surface area contributed by atoms with Crippen LogP contribution < -0.4 is 0 Å². The first-order chi connectivity index (χ1) is 9.07. The van der Waals surface area contributed by atoms with Crippen molar-refractivity contribution in [2.45, 2.75) is 49.6 Å². The Balaban J connectivity index is 1.85. The van der Waals surface area contributed by atoms with E-state index in [-0.39, 0.29) is 11.4 Å². The zero-order valence-corrected chi connectivity index (χ0v) is 11.2. The molecule has 2 bridgehead atoms. The van der Waals surface area contributed by atoms with Crippen molar-refractivity contribution in [3.05, 3.63) is 35.4 Å². The Labute approximate surface area is 113 Å². The molecule has 0 aromatic heterocycles. The van der Waals surface area contributed by atoms with Gasteiger partial charge in [-0.15, -0.1) is 0 Å². The molecule has 2 nitrogen and oxygen atoms in total. The van der Waals surface area contributed by atoms with E-state index in [1.54, 1.807) is 0 Å². The van der Waals surface area contributed by atoms with Gasteiger partial charge in [0.2, 0.25) is 0 Å². The van der Waals surface area contributed by atoms with Gasteiger partial charge >= 0.3 is 5.97 Å². The van der Waals surface area contributed by atoms with Crippen molar-refractivity contribution in [2.24, 2.45) is 0 Å². The summed E-state index contributed by atoms with van der Waals surface area (Å²) < 4.78 is 18.9. The number of carbonyl (C=O) groups is 1. The third kappa shape index (κ3) is 2.05. The lowest BCUT2D eigenvalue weighted by molar-refractivity contribution is 0.00351. The number of rotatable bonds is 2. The molecule has 0 heterocycles. The molecule has 0 aliphatic heterocycles. The smallest absolute Gasteiger partial charge is 0.337 e. The fourth-order valence-corrected chi connectivity index (χ4v) is 3.65. The molecule has 0 atom stereocenters. The van der Waals surface area contributed by atoms with Crippen molar-refractivity contribution in [2.75, 3.05) is 7.11 Å². The second-order valence-corrected chi connectivity index (χ2v) is 6.00.